The van der Waals surface area contributed by atoms with Crippen molar-refractivity contribution in [1.29, 1.82) is 0 Å². The van der Waals surface area contributed by atoms with Gasteiger partial charge in [0.25, 0.3) is 0 Å². The van der Waals surface area contributed by atoms with E-state index in [1.807, 2.05) is 12.3 Å². The first-order valence-corrected chi connectivity index (χ1v) is 4.99. The molecule has 16 heavy (non-hydrogen) atoms. The molecule has 1 aromatic carbocycles. The fourth-order valence-electron chi connectivity index (χ4n) is 1.70. The molecule has 5 N–H and O–H groups in total. The number of carbonyl (C=O) groups excluding carboxylic acids is 1. The molecule has 0 aliphatic heterocycles. The number of fused-ring (bicyclic) bond motifs is 1. The fourth-order valence-corrected chi connectivity index (χ4v) is 1.70. The van der Waals surface area contributed by atoms with Gasteiger partial charge in [0.2, 0.25) is 0 Å². The molecule has 0 saturated heterocycles. The van der Waals surface area contributed by atoms with E-state index in [-0.39, 0.29) is 5.75 Å². The standard InChI is InChI=1S/C11H13N3O2/c12-11(16)13-4-3-7-6-14-10-5-8(15)1-2-9(7)10/h1-2,5-6,14-15H,3-4H2,(H3,12,13,16). The van der Waals surface area contributed by atoms with Crippen LogP contribution in [0.25, 0.3) is 10.9 Å². The van der Waals surface area contributed by atoms with Crippen LogP contribution in [0.2, 0.25) is 0 Å². The molecule has 84 valence electrons. The van der Waals surface area contributed by atoms with Crippen LogP contribution in [0.1, 0.15) is 5.56 Å². The summed E-state index contributed by atoms with van der Waals surface area (Å²) in [7, 11) is 0. The molecular weight excluding hydrogens is 206 g/mol. The van der Waals surface area contributed by atoms with Gasteiger partial charge in [-0.1, -0.05) is 0 Å². The number of urea groups is 1. The van der Waals surface area contributed by atoms with Gasteiger partial charge in [0.05, 0.1) is 0 Å². The minimum Gasteiger partial charge on any atom is -0.508 e. The van der Waals surface area contributed by atoms with Gasteiger partial charge >= 0.3 is 6.03 Å². The fraction of sp³-hybridized carbons (Fsp3) is 0.182. The average Bonchev–Trinajstić information content (AvgIpc) is 2.60. The number of phenolic OH excluding ortho intramolecular Hbond substituents is 1. The van der Waals surface area contributed by atoms with Crippen LogP contribution >= 0.6 is 0 Å². The normalized spacial score (nSPS) is 10.5. The van der Waals surface area contributed by atoms with Crippen molar-refractivity contribution in [3.05, 3.63) is 30.0 Å². The van der Waals surface area contributed by atoms with Gasteiger partial charge in [0.1, 0.15) is 5.75 Å². The maximum atomic E-state index is 10.5. The summed E-state index contributed by atoms with van der Waals surface area (Å²) in [5.74, 6) is 0.233. The number of aromatic nitrogens is 1. The molecule has 0 atom stereocenters. The molecule has 0 radical (unpaired) electrons. The molecule has 0 spiro atoms. The van der Waals surface area contributed by atoms with Crippen molar-refractivity contribution in [3.8, 4) is 5.75 Å². The van der Waals surface area contributed by atoms with Crippen LogP contribution < -0.4 is 11.1 Å². The molecule has 1 aromatic heterocycles. The number of aromatic hydroxyl groups is 1. The van der Waals surface area contributed by atoms with Crippen molar-refractivity contribution in [2.45, 2.75) is 6.42 Å². The molecule has 2 aromatic rings. The summed E-state index contributed by atoms with van der Waals surface area (Å²) in [4.78, 5) is 13.6. The molecule has 0 aliphatic rings. The molecule has 0 fully saturated rings. The van der Waals surface area contributed by atoms with E-state index in [0.29, 0.717) is 13.0 Å². The summed E-state index contributed by atoms with van der Waals surface area (Å²) in [6, 6.07) is 4.64. The Balaban J connectivity index is 2.15. The highest BCUT2D eigenvalue weighted by Gasteiger charge is 2.04. The van der Waals surface area contributed by atoms with Crippen molar-refractivity contribution < 1.29 is 9.90 Å². The topological polar surface area (TPSA) is 91.1 Å². The van der Waals surface area contributed by atoms with Crippen molar-refractivity contribution in [2.75, 3.05) is 6.54 Å². The monoisotopic (exact) mass is 219 g/mol. The summed E-state index contributed by atoms with van der Waals surface area (Å²) < 4.78 is 0. The highest BCUT2D eigenvalue weighted by Crippen LogP contribution is 2.22. The number of hydrogen-bond donors (Lipinski definition) is 4. The number of H-pyrrole nitrogens is 1. The maximum Gasteiger partial charge on any atom is 0.312 e. The quantitative estimate of drug-likeness (QED) is 0.622. The Bertz CT molecular complexity index is 519. The summed E-state index contributed by atoms with van der Waals surface area (Å²) in [6.45, 7) is 0.503. The van der Waals surface area contributed by atoms with Gasteiger partial charge in [0, 0.05) is 29.7 Å². The lowest BCUT2D eigenvalue weighted by molar-refractivity contribution is 0.249. The molecule has 5 nitrogen and oxygen atoms in total. The van der Waals surface area contributed by atoms with E-state index in [0.717, 1.165) is 16.5 Å². The lowest BCUT2D eigenvalue weighted by Gasteiger charge is -2.00. The number of carbonyl (C=O) groups is 1. The average molecular weight is 219 g/mol. The second-order valence-electron chi connectivity index (χ2n) is 3.58. The van der Waals surface area contributed by atoms with Crippen molar-refractivity contribution in [2.24, 2.45) is 5.73 Å². The Morgan fingerprint density at radius 2 is 2.31 bits per heavy atom. The number of nitrogens with one attached hydrogen (secondary N) is 2. The number of primary amides is 1. The van der Waals surface area contributed by atoms with Crippen LogP contribution in [-0.4, -0.2) is 22.7 Å². The Hall–Kier alpha value is -2.17. The summed E-state index contributed by atoms with van der Waals surface area (Å²) in [6.07, 6.45) is 2.57. The first-order valence-electron chi connectivity index (χ1n) is 4.99. The van der Waals surface area contributed by atoms with Crippen LogP contribution in [0, 0.1) is 0 Å². The third-order valence-electron chi connectivity index (χ3n) is 2.44. The zero-order valence-electron chi connectivity index (χ0n) is 8.66. The zero-order valence-corrected chi connectivity index (χ0v) is 8.66. The van der Waals surface area contributed by atoms with Gasteiger partial charge in [-0.2, -0.15) is 0 Å². The number of rotatable bonds is 3. The molecule has 5 heteroatoms. The third kappa shape index (κ3) is 2.08. The number of hydrogen-bond acceptors (Lipinski definition) is 2. The third-order valence-corrected chi connectivity index (χ3v) is 2.44. The number of aromatic amines is 1. The van der Waals surface area contributed by atoms with Gasteiger partial charge in [-0.15, -0.1) is 0 Å². The van der Waals surface area contributed by atoms with Crippen LogP contribution in [0.4, 0.5) is 4.79 Å². The lowest BCUT2D eigenvalue weighted by atomic mass is 10.1. The SMILES string of the molecule is NC(=O)NCCc1c[nH]c2cc(O)ccc12. The Morgan fingerprint density at radius 3 is 3.06 bits per heavy atom. The Morgan fingerprint density at radius 1 is 1.50 bits per heavy atom. The van der Waals surface area contributed by atoms with Gasteiger partial charge in [0.15, 0.2) is 0 Å². The maximum absolute atomic E-state index is 10.5. The van der Waals surface area contributed by atoms with Gasteiger partial charge in [-0.3, -0.25) is 0 Å². The second-order valence-corrected chi connectivity index (χ2v) is 3.58. The first-order chi connectivity index (χ1) is 7.66. The predicted molar refractivity (Wildman–Crippen MR) is 61.3 cm³/mol. The van der Waals surface area contributed by atoms with E-state index in [2.05, 4.69) is 10.3 Å². The Labute approximate surface area is 92.3 Å². The minimum atomic E-state index is -0.516. The molecule has 0 bridgehead atoms. The molecule has 2 rings (SSSR count). The molecule has 0 unspecified atom stereocenters. The summed E-state index contributed by atoms with van der Waals surface area (Å²) >= 11 is 0. The molecule has 0 saturated carbocycles. The lowest BCUT2D eigenvalue weighted by Crippen LogP contribution is -2.30. The smallest absolute Gasteiger partial charge is 0.312 e. The van der Waals surface area contributed by atoms with Crippen LogP contribution in [0.15, 0.2) is 24.4 Å². The molecule has 2 amide bonds. The van der Waals surface area contributed by atoms with Crippen molar-refractivity contribution in [1.82, 2.24) is 10.3 Å². The largest absolute Gasteiger partial charge is 0.508 e. The van der Waals surface area contributed by atoms with Crippen molar-refractivity contribution >= 4 is 16.9 Å². The Kier molecular flexibility index (Phi) is 2.68. The minimum absolute atomic E-state index is 0.233. The highest BCUT2D eigenvalue weighted by molar-refractivity contribution is 5.84. The van der Waals surface area contributed by atoms with Crippen LogP contribution in [0.3, 0.4) is 0 Å². The molecule has 0 aliphatic carbocycles. The van der Waals surface area contributed by atoms with E-state index >= 15 is 0 Å². The van der Waals surface area contributed by atoms with E-state index in [1.165, 1.54) is 0 Å². The predicted octanol–water partition coefficient (Wildman–Crippen LogP) is 1.08. The molecule has 1 heterocycles. The van der Waals surface area contributed by atoms with Gasteiger partial charge < -0.3 is 21.1 Å². The number of nitrogens with two attached hydrogens (primary N) is 1. The van der Waals surface area contributed by atoms with Gasteiger partial charge in [-0.25, -0.2) is 4.79 Å². The first kappa shape index (κ1) is 10.4. The number of phenols is 1. The van der Waals surface area contributed by atoms with E-state index in [1.54, 1.807) is 12.1 Å². The summed E-state index contributed by atoms with van der Waals surface area (Å²) in [5.41, 5.74) is 6.94. The second kappa shape index (κ2) is 4.14. The van der Waals surface area contributed by atoms with E-state index < -0.39 is 6.03 Å². The van der Waals surface area contributed by atoms with E-state index in [4.69, 9.17) is 5.73 Å². The van der Waals surface area contributed by atoms with Crippen LogP contribution in [-0.2, 0) is 6.42 Å². The highest BCUT2D eigenvalue weighted by atomic mass is 16.3. The number of benzene rings is 1. The number of amides is 2. The zero-order chi connectivity index (χ0) is 11.5. The van der Waals surface area contributed by atoms with Crippen molar-refractivity contribution in [3.63, 3.8) is 0 Å². The van der Waals surface area contributed by atoms with Gasteiger partial charge in [-0.05, 0) is 24.1 Å². The van der Waals surface area contributed by atoms with E-state index in [9.17, 15) is 9.90 Å². The molecular formula is C11H13N3O2. The summed E-state index contributed by atoms with van der Waals surface area (Å²) in [5, 5.41) is 12.9. The van der Waals surface area contributed by atoms with Crippen LogP contribution in [0.5, 0.6) is 5.75 Å².